The summed E-state index contributed by atoms with van der Waals surface area (Å²) in [5.74, 6) is 0. The molecule has 15 heavy (non-hydrogen) atoms. The van der Waals surface area contributed by atoms with Gasteiger partial charge < -0.3 is 10.8 Å². The SMILES string of the molecule is Cc1cc(C)c(C(N)CCO)cc1C.Cl. The van der Waals surface area contributed by atoms with Crippen LogP contribution in [0, 0.1) is 20.8 Å². The van der Waals surface area contributed by atoms with Gasteiger partial charge in [-0.05, 0) is 49.4 Å². The highest BCUT2D eigenvalue weighted by Gasteiger charge is 2.09. The zero-order chi connectivity index (χ0) is 10.7. The third kappa shape index (κ3) is 3.49. The zero-order valence-electron chi connectivity index (χ0n) is 9.58. The fourth-order valence-electron chi connectivity index (χ4n) is 1.68. The number of aliphatic hydroxyl groups excluding tert-OH is 1. The molecule has 2 nitrogen and oxygen atoms in total. The van der Waals surface area contributed by atoms with E-state index in [1.54, 1.807) is 0 Å². The van der Waals surface area contributed by atoms with Gasteiger partial charge in [0.2, 0.25) is 0 Å². The number of hydrogen-bond acceptors (Lipinski definition) is 2. The van der Waals surface area contributed by atoms with E-state index in [4.69, 9.17) is 10.8 Å². The van der Waals surface area contributed by atoms with Crippen molar-refractivity contribution in [2.24, 2.45) is 5.73 Å². The van der Waals surface area contributed by atoms with Crippen molar-refractivity contribution in [3.05, 3.63) is 34.4 Å². The molecule has 0 spiro atoms. The summed E-state index contributed by atoms with van der Waals surface area (Å²) in [7, 11) is 0. The van der Waals surface area contributed by atoms with Gasteiger partial charge in [-0.2, -0.15) is 0 Å². The summed E-state index contributed by atoms with van der Waals surface area (Å²) >= 11 is 0. The van der Waals surface area contributed by atoms with Crippen LogP contribution in [0.2, 0.25) is 0 Å². The van der Waals surface area contributed by atoms with Crippen molar-refractivity contribution in [1.82, 2.24) is 0 Å². The fourth-order valence-corrected chi connectivity index (χ4v) is 1.68. The van der Waals surface area contributed by atoms with E-state index in [2.05, 4.69) is 32.9 Å². The molecule has 0 heterocycles. The summed E-state index contributed by atoms with van der Waals surface area (Å²) in [6, 6.07) is 4.24. The molecule has 1 rings (SSSR count). The highest BCUT2D eigenvalue weighted by Crippen LogP contribution is 2.21. The van der Waals surface area contributed by atoms with Gasteiger partial charge in [0.25, 0.3) is 0 Å². The topological polar surface area (TPSA) is 46.2 Å². The first-order valence-corrected chi connectivity index (χ1v) is 5.00. The van der Waals surface area contributed by atoms with Crippen LogP contribution in [0.5, 0.6) is 0 Å². The molecule has 1 aromatic rings. The van der Waals surface area contributed by atoms with Crippen molar-refractivity contribution in [2.45, 2.75) is 33.2 Å². The lowest BCUT2D eigenvalue weighted by molar-refractivity contribution is 0.276. The molecule has 0 saturated heterocycles. The van der Waals surface area contributed by atoms with Crippen LogP contribution in [0.3, 0.4) is 0 Å². The van der Waals surface area contributed by atoms with E-state index in [0.717, 1.165) is 5.56 Å². The van der Waals surface area contributed by atoms with Gasteiger partial charge in [-0.3, -0.25) is 0 Å². The van der Waals surface area contributed by atoms with E-state index < -0.39 is 0 Å². The van der Waals surface area contributed by atoms with E-state index >= 15 is 0 Å². The maximum absolute atomic E-state index is 8.83. The van der Waals surface area contributed by atoms with Crippen LogP contribution in [0.15, 0.2) is 12.1 Å². The van der Waals surface area contributed by atoms with E-state index in [1.807, 2.05) is 0 Å². The molecule has 86 valence electrons. The van der Waals surface area contributed by atoms with Crippen molar-refractivity contribution in [3.8, 4) is 0 Å². The van der Waals surface area contributed by atoms with Gasteiger partial charge >= 0.3 is 0 Å². The minimum absolute atomic E-state index is 0. The molecule has 0 radical (unpaired) electrons. The van der Waals surface area contributed by atoms with Crippen molar-refractivity contribution in [2.75, 3.05) is 6.61 Å². The molecule has 3 N–H and O–H groups in total. The summed E-state index contributed by atoms with van der Waals surface area (Å²) in [5, 5.41) is 8.83. The first kappa shape index (κ1) is 14.4. The largest absolute Gasteiger partial charge is 0.396 e. The summed E-state index contributed by atoms with van der Waals surface area (Å²) in [5.41, 5.74) is 10.9. The molecule has 1 unspecified atom stereocenters. The monoisotopic (exact) mass is 229 g/mol. The Labute approximate surface area is 97.9 Å². The number of hydrogen-bond donors (Lipinski definition) is 2. The van der Waals surface area contributed by atoms with E-state index in [9.17, 15) is 0 Å². The Kier molecular flexibility index (Phi) is 5.88. The first-order valence-electron chi connectivity index (χ1n) is 5.00. The molecule has 0 saturated carbocycles. The quantitative estimate of drug-likeness (QED) is 0.836. The van der Waals surface area contributed by atoms with Gasteiger partial charge in [-0.25, -0.2) is 0 Å². The number of rotatable bonds is 3. The molecular weight excluding hydrogens is 210 g/mol. The van der Waals surface area contributed by atoms with Crippen LogP contribution in [-0.4, -0.2) is 11.7 Å². The second kappa shape index (κ2) is 6.11. The maximum atomic E-state index is 8.83. The average molecular weight is 230 g/mol. The van der Waals surface area contributed by atoms with Crippen LogP contribution in [-0.2, 0) is 0 Å². The Morgan fingerprint density at radius 2 is 1.67 bits per heavy atom. The number of halogens is 1. The molecule has 3 heteroatoms. The Morgan fingerprint density at radius 3 is 2.20 bits per heavy atom. The third-order valence-electron chi connectivity index (χ3n) is 2.72. The predicted molar refractivity (Wildman–Crippen MR) is 66.5 cm³/mol. The van der Waals surface area contributed by atoms with E-state index in [0.29, 0.717) is 6.42 Å². The Balaban J connectivity index is 0.00000196. The second-order valence-electron chi connectivity index (χ2n) is 3.91. The molecule has 0 aliphatic carbocycles. The normalized spacial score (nSPS) is 12.1. The Bertz CT molecular complexity index is 326. The minimum Gasteiger partial charge on any atom is -0.396 e. The van der Waals surface area contributed by atoms with Crippen molar-refractivity contribution in [3.63, 3.8) is 0 Å². The smallest absolute Gasteiger partial charge is 0.0449 e. The highest BCUT2D eigenvalue weighted by molar-refractivity contribution is 5.85. The van der Waals surface area contributed by atoms with Gasteiger partial charge in [0.1, 0.15) is 0 Å². The molecule has 0 fully saturated rings. The van der Waals surface area contributed by atoms with E-state index in [1.165, 1.54) is 16.7 Å². The van der Waals surface area contributed by atoms with Crippen molar-refractivity contribution in [1.29, 1.82) is 0 Å². The highest BCUT2D eigenvalue weighted by atomic mass is 35.5. The van der Waals surface area contributed by atoms with Gasteiger partial charge in [0.05, 0.1) is 0 Å². The van der Waals surface area contributed by atoms with Crippen LogP contribution >= 0.6 is 12.4 Å². The lowest BCUT2D eigenvalue weighted by atomic mass is 9.95. The molecule has 1 aromatic carbocycles. The predicted octanol–water partition coefficient (Wildman–Crippen LogP) is 2.42. The van der Waals surface area contributed by atoms with Crippen LogP contribution in [0.25, 0.3) is 0 Å². The number of nitrogens with two attached hydrogens (primary N) is 1. The lowest BCUT2D eigenvalue weighted by Crippen LogP contribution is -2.13. The standard InChI is InChI=1S/C12H19NO.ClH/c1-8-6-10(3)11(7-9(8)2)12(13)4-5-14;/h6-7,12,14H,4-5,13H2,1-3H3;1H. The van der Waals surface area contributed by atoms with Crippen LogP contribution in [0.1, 0.15) is 34.7 Å². The number of aryl methyl sites for hydroxylation is 3. The lowest BCUT2D eigenvalue weighted by Gasteiger charge is -2.15. The van der Waals surface area contributed by atoms with Gasteiger partial charge in [-0.1, -0.05) is 12.1 Å². The van der Waals surface area contributed by atoms with Crippen molar-refractivity contribution < 1.29 is 5.11 Å². The molecule has 0 amide bonds. The van der Waals surface area contributed by atoms with Gasteiger partial charge in [0, 0.05) is 12.6 Å². The molecule has 0 aliphatic heterocycles. The Hall–Kier alpha value is -0.570. The number of aliphatic hydroxyl groups is 1. The summed E-state index contributed by atoms with van der Waals surface area (Å²) in [6.45, 7) is 6.40. The number of benzene rings is 1. The molecule has 1 atom stereocenters. The molecular formula is C12H20ClNO. The Morgan fingerprint density at radius 1 is 1.13 bits per heavy atom. The average Bonchev–Trinajstić information content (AvgIpc) is 2.11. The van der Waals surface area contributed by atoms with Gasteiger partial charge in [-0.15, -0.1) is 12.4 Å². The van der Waals surface area contributed by atoms with E-state index in [-0.39, 0.29) is 25.1 Å². The molecule has 0 aromatic heterocycles. The van der Waals surface area contributed by atoms with Crippen molar-refractivity contribution >= 4 is 12.4 Å². The second-order valence-corrected chi connectivity index (χ2v) is 3.91. The third-order valence-corrected chi connectivity index (χ3v) is 2.72. The zero-order valence-corrected chi connectivity index (χ0v) is 10.4. The van der Waals surface area contributed by atoms with Crippen LogP contribution in [0.4, 0.5) is 0 Å². The van der Waals surface area contributed by atoms with Crippen LogP contribution < -0.4 is 5.73 Å². The summed E-state index contributed by atoms with van der Waals surface area (Å²) < 4.78 is 0. The maximum Gasteiger partial charge on any atom is 0.0449 e. The minimum atomic E-state index is -0.0423. The first-order chi connectivity index (χ1) is 6.56. The van der Waals surface area contributed by atoms with Gasteiger partial charge in [0.15, 0.2) is 0 Å². The summed E-state index contributed by atoms with van der Waals surface area (Å²) in [6.07, 6.45) is 0.628. The summed E-state index contributed by atoms with van der Waals surface area (Å²) in [4.78, 5) is 0. The fraction of sp³-hybridized carbons (Fsp3) is 0.500. The molecule has 0 bridgehead atoms. The molecule has 0 aliphatic rings.